The Morgan fingerprint density at radius 2 is 2.12 bits per heavy atom. The highest BCUT2D eigenvalue weighted by Crippen LogP contribution is 2.26. The van der Waals surface area contributed by atoms with Gasteiger partial charge < -0.3 is 14.8 Å². The molecule has 10 heteroatoms. The van der Waals surface area contributed by atoms with E-state index in [0.29, 0.717) is 30.9 Å². The van der Waals surface area contributed by atoms with Crippen molar-refractivity contribution in [1.82, 2.24) is 30.1 Å². The summed E-state index contributed by atoms with van der Waals surface area (Å²) in [5.74, 6) is 0.125. The van der Waals surface area contributed by atoms with Crippen LogP contribution in [-0.2, 0) is 22.6 Å². The molecule has 10 nitrogen and oxygen atoms in total. The molecule has 1 unspecified atom stereocenters. The topological polar surface area (TPSA) is 126 Å². The van der Waals surface area contributed by atoms with Crippen LogP contribution in [0.2, 0.25) is 0 Å². The maximum Gasteiger partial charge on any atom is 0.327 e. The van der Waals surface area contributed by atoms with Crippen LogP contribution >= 0.6 is 0 Å². The number of nitrogens with zero attached hydrogens (tertiary/aromatic N) is 5. The van der Waals surface area contributed by atoms with Crippen LogP contribution in [-0.4, -0.2) is 60.9 Å². The van der Waals surface area contributed by atoms with Crippen LogP contribution in [0.1, 0.15) is 56.1 Å². The van der Waals surface area contributed by atoms with E-state index in [9.17, 15) is 14.7 Å². The van der Waals surface area contributed by atoms with Gasteiger partial charge >= 0.3 is 5.97 Å². The van der Waals surface area contributed by atoms with Crippen LogP contribution in [0.25, 0.3) is 10.9 Å². The van der Waals surface area contributed by atoms with Gasteiger partial charge in [0.25, 0.3) is 5.56 Å². The minimum absolute atomic E-state index is 0.0242. The van der Waals surface area contributed by atoms with Crippen molar-refractivity contribution >= 4 is 16.9 Å². The predicted molar refractivity (Wildman–Crippen MR) is 124 cm³/mol. The Morgan fingerprint density at radius 1 is 1.30 bits per heavy atom. The lowest BCUT2D eigenvalue weighted by molar-refractivity contribution is -0.144. The third-order valence-electron chi connectivity index (χ3n) is 5.50. The number of aliphatic hydroxyl groups excluding tert-OH is 1. The smallest absolute Gasteiger partial charge is 0.327 e. The van der Waals surface area contributed by atoms with Crippen molar-refractivity contribution in [2.75, 3.05) is 19.8 Å². The van der Waals surface area contributed by atoms with Gasteiger partial charge in [-0.25, -0.2) is 4.68 Å². The fourth-order valence-corrected chi connectivity index (χ4v) is 3.97. The van der Waals surface area contributed by atoms with Gasteiger partial charge in [-0.1, -0.05) is 25.0 Å². The molecule has 0 aliphatic carbocycles. The van der Waals surface area contributed by atoms with Crippen LogP contribution in [0.4, 0.5) is 0 Å². The maximum absolute atomic E-state index is 12.8. The number of rotatable bonds is 12. The van der Waals surface area contributed by atoms with E-state index in [1.807, 2.05) is 31.2 Å². The average Bonchev–Trinajstić information content (AvgIpc) is 3.23. The van der Waals surface area contributed by atoms with Crippen LogP contribution in [0.15, 0.2) is 29.1 Å². The highest BCUT2D eigenvalue weighted by atomic mass is 16.5. The Bertz CT molecular complexity index is 1130. The number of aryl methyl sites for hydroxylation is 1. The lowest BCUT2D eigenvalue weighted by atomic mass is 10.1. The van der Waals surface area contributed by atoms with E-state index in [4.69, 9.17) is 4.74 Å². The molecular formula is C23H32N6O4. The maximum atomic E-state index is 12.8. The van der Waals surface area contributed by atoms with Crippen molar-refractivity contribution < 1.29 is 14.6 Å². The van der Waals surface area contributed by atoms with Crippen molar-refractivity contribution in [2.45, 2.75) is 59.2 Å². The molecule has 1 aromatic carbocycles. The molecule has 0 aliphatic rings. The molecular weight excluding hydrogens is 424 g/mol. The molecule has 3 rings (SSSR count). The third kappa shape index (κ3) is 6.23. The van der Waals surface area contributed by atoms with Gasteiger partial charge in [-0.2, -0.15) is 0 Å². The van der Waals surface area contributed by atoms with Crippen molar-refractivity contribution in [3.63, 3.8) is 0 Å². The molecule has 3 aromatic rings. The third-order valence-corrected chi connectivity index (χ3v) is 5.50. The number of ether oxygens (including phenoxy) is 1. The van der Waals surface area contributed by atoms with Gasteiger partial charge in [0.1, 0.15) is 6.54 Å². The van der Waals surface area contributed by atoms with Gasteiger partial charge in [-0.3, -0.25) is 14.5 Å². The number of aromatic amines is 1. The van der Waals surface area contributed by atoms with E-state index in [-0.39, 0.29) is 31.4 Å². The average molecular weight is 457 g/mol. The summed E-state index contributed by atoms with van der Waals surface area (Å²) in [7, 11) is 0. The molecule has 33 heavy (non-hydrogen) atoms. The van der Waals surface area contributed by atoms with E-state index >= 15 is 0 Å². The van der Waals surface area contributed by atoms with E-state index in [1.54, 1.807) is 6.92 Å². The Hall–Kier alpha value is -3.11. The van der Waals surface area contributed by atoms with Gasteiger partial charge in [0.2, 0.25) is 0 Å². The largest absolute Gasteiger partial charge is 0.465 e. The molecule has 0 aliphatic heterocycles. The summed E-state index contributed by atoms with van der Waals surface area (Å²) in [6, 6.07) is 7.58. The Kier molecular flexibility index (Phi) is 8.67. The van der Waals surface area contributed by atoms with Crippen molar-refractivity contribution in [1.29, 1.82) is 0 Å². The summed E-state index contributed by atoms with van der Waals surface area (Å²) in [6.45, 7) is 6.94. The predicted octanol–water partition coefficient (Wildman–Crippen LogP) is 2.11. The molecule has 2 aromatic heterocycles. The van der Waals surface area contributed by atoms with E-state index in [0.717, 1.165) is 29.3 Å². The molecule has 0 spiro atoms. The highest BCUT2D eigenvalue weighted by Gasteiger charge is 2.27. The lowest BCUT2D eigenvalue weighted by Gasteiger charge is -2.30. The first kappa shape index (κ1) is 24.5. The standard InChI is InChI=1S/C23H32N6O4/c1-4-7-20(22-25-26-27-29(22)15-21(31)33-5-2)28(10-6-11-30)14-18-13-17-12-16(3)8-9-19(17)24-23(18)32/h8-9,12-13,20,30H,4-7,10-11,14-15H2,1-3H3,(H,24,32). The van der Waals surface area contributed by atoms with Gasteiger partial charge in [-0.05, 0) is 60.7 Å². The number of aromatic nitrogens is 5. The van der Waals surface area contributed by atoms with E-state index in [1.165, 1.54) is 4.68 Å². The molecule has 0 saturated heterocycles. The minimum Gasteiger partial charge on any atom is -0.465 e. The Balaban J connectivity index is 1.96. The van der Waals surface area contributed by atoms with Crippen LogP contribution in [0.5, 0.6) is 0 Å². The first-order valence-electron chi connectivity index (χ1n) is 11.4. The molecule has 1 atom stereocenters. The number of fused-ring (bicyclic) bond motifs is 1. The zero-order valence-corrected chi connectivity index (χ0v) is 19.5. The fraction of sp³-hybridized carbons (Fsp3) is 0.522. The van der Waals surface area contributed by atoms with Gasteiger partial charge in [0.15, 0.2) is 5.82 Å². The van der Waals surface area contributed by atoms with Crippen molar-refractivity contribution in [3.05, 3.63) is 51.6 Å². The number of nitrogens with one attached hydrogen (secondary N) is 1. The molecule has 0 saturated carbocycles. The number of H-pyrrole nitrogens is 1. The zero-order chi connectivity index (χ0) is 23.8. The second-order valence-electron chi connectivity index (χ2n) is 8.07. The number of carbonyl (C=O) groups excluding carboxylic acids is 1. The van der Waals surface area contributed by atoms with Crippen LogP contribution in [0, 0.1) is 6.92 Å². The van der Waals surface area contributed by atoms with Crippen LogP contribution < -0.4 is 5.56 Å². The molecule has 178 valence electrons. The Morgan fingerprint density at radius 3 is 2.85 bits per heavy atom. The summed E-state index contributed by atoms with van der Waals surface area (Å²) < 4.78 is 6.51. The first-order chi connectivity index (χ1) is 16.0. The summed E-state index contributed by atoms with van der Waals surface area (Å²) >= 11 is 0. The zero-order valence-electron chi connectivity index (χ0n) is 19.5. The van der Waals surface area contributed by atoms with Gasteiger partial charge in [0, 0.05) is 30.8 Å². The molecule has 0 amide bonds. The van der Waals surface area contributed by atoms with Gasteiger partial charge in [-0.15, -0.1) is 5.10 Å². The summed E-state index contributed by atoms with van der Waals surface area (Å²) in [5, 5.41) is 22.4. The minimum atomic E-state index is -0.412. The molecule has 2 N–H and O–H groups in total. The number of benzene rings is 1. The SMILES string of the molecule is CCCC(c1nnnn1CC(=O)OCC)N(CCCO)Cc1cc2cc(C)ccc2[nH]c1=O. The second kappa shape index (κ2) is 11.7. The number of esters is 1. The summed E-state index contributed by atoms with van der Waals surface area (Å²) in [6.07, 6.45) is 2.10. The number of pyridine rings is 1. The van der Waals surface area contributed by atoms with Crippen molar-refractivity contribution in [3.8, 4) is 0 Å². The molecule has 2 heterocycles. The number of aliphatic hydroxyl groups is 1. The molecule has 0 bridgehead atoms. The monoisotopic (exact) mass is 456 g/mol. The summed E-state index contributed by atoms with van der Waals surface area (Å²) in [4.78, 5) is 29.9. The summed E-state index contributed by atoms with van der Waals surface area (Å²) in [5.41, 5.74) is 2.37. The Labute approximate surface area is 192 Å². The fourth-order valence-electron chi connectivity index (χ4n) is 3.97. The lowest BCUT2D eigenvalue weighted by Crippen LogP contribution is -2.34. The van der Waals surface area contributed by atoms with E-state index < -0.39 is 5.97 Å². The van der Waals surface area contributed by atoms with Gasteiger partial charge in [0.05, 0.1) is 12.6 Å². The second-order valence-corrected chi connectivity index (χ2v) is 8.07. The van der Waals surface area contributed by atoms with Crippen molar-refractivity contribution in [2.24, 2.45) is 0 Å². The number of hydrogen-bond acceptors (Lipinski definition) is 8. The number of tetrazole rings is 1. The van der Waals surface area contributed by atoms with E-state index in [2.05, 4.69) is 32.3 Å². The molecule has 0 fully saturated rings. The number of carbonyl (C=O) groups is 1. The van der Waals surface area contributed by atoms with Crippen LogP contribution in [0.3, 0.4) is 0 Å². The quantitative estimate of drug-likeness (QED) is 0.397. The molecule has 0 radical (unpaired) electrons. The number of hydrogen-bond donors (Lipinski definition) is 2. The normalized spacial score (nSPS) is 12.4. The highest BCUT2D eigenvalue weighted by molar-refractivity contribution is 5.79. The first-order valence-corrected chi connectivity index (χ1v) is 11.4.